The van der Waals surface area contributed by atoms with Gasteiger partial charge in [-0.05, 0) is 12.1 Å². The highest BCUT2D eigenvalue weighted by atomic mass is 32.2. The van der Waals surface area contributed by atoms with Crippen molar-refractivity contribution in [3.05, 3.63) is 17.9 Å². The number of aromatic carboxylic acids is 1. The number of carbonyl (C=O) groups is 1. The predicted octanol–water partition coefficient (Wildman–Crippen LogP) is -0.756. The molecule has 1 aromatic rings. The van der Waals surface area contributed by atoms with E-state index in [1.165, 1.54) is 4.31 Å². The number of furan rings is 1. The summed E-state index contributed by atoms with van der Waals surface area (Å²) in [5, 5.41) is 8.26. The molecule has 11 heteroatoms. The molecule has 2 heterocycles. The number of rotatable bonds is 4. The standard InChI is InChI=1S/C10H14N2O7S2/c1-20(15,16)11-4-6-12(7-5-11)21(17,18)9-3-2-8(19-9)10(13)14/h2-3H,4-7H2,1H3,(H,13,14). The van der Waals surface area contributed by atoms with Crippen LogP contribution in [-0.2, 0) is 20.0 Å². The maximum Gasteiger partial charge on any atom is 0.371 e. The highest BCUT2D eigenvalue weighted by Crippen LogP contribution is 2.20. The SMILES string of the molecule is CS(=O)(=O)N1CCN(S(=O)(=O)c2ccc(C(=O)O)o2)CC1. The number of hydrogen-bond acceptors (Lipinski definition) is 6. The third-order valence-electron chi connectivity index (χ3n) is 3.05. The molecule has 21 heavy (non-hydrogen) atoms. The average molecular weight is 338 g/mol. The van der Waals surface area contributed by atoms with Gasteiger partial charge in [0.25, 0.3) is 10.0 Å². The number of nitrogens with zero attached hydrogens (tertiary/aromatic N) is 2. The molecule has 0 radical (unpaired) electrons. The average Bonchev–Trinajstić information content (AvgIpc) is 2.88. The van der Waals surface area contributed by atoms with Gasteiger partial charge in [-0.2, -0.15) is 8.61 Å². The highest BCUT2D eigenvalue weighted by molar-refractivity contribution is 7.89. The van der Waals surface area contributed by atoms with Gasteiger partial charge < -0.3 is 9.52 Å². The maximum absolute atomic E-state index is 12.3. The van der Waals surface area contributed by atoms with Crippen LogP contribution in [-0.4, -0.2) is 69.0 Å². The van der Waals surface area contributed by atoms with E-state index in [9.17, 15) is 21.6 Å². The van der Waals surface area contributed by atoms with Crippen LogP contribution in [0, 0.1) is 0 Å². The lowest BCUT2D eigenvalue weighted by Gasteiger charge is -2.31. The minimum atomic E-state index is -3.96. The van der Waals surface area contributed by atoms with Gasteiger partial charge in [0, 0.05) is 26.2 Å². The number of sulfonamides is 2. The molecular formula is C10H14N2O7S2. The van der Waals surface area contributed by atoms with Crippen LogP contribution >= 0.6 is 0 Å². The molecule has 1 fully saturated rings. The molecule has 0 aliphatic carbocycles. The van der Waals surface area contributed by atoms with Gasteiger partial charge >= 0.3 is 5.97 Å². The summed E-state index contributed by atoms with van der Waals surface area (Å²) in [6, 6.07) is 2.13. The van der Waals surface area contributed by atoms with Gasteiger partial charge in [0.05, 0.1) is 6.26 Å². The molecule has 2 rings (SSSR count). The van der Waals surface area contributed by atoms with Gasteiger partial charge in [-0.15, -0.1) is 0 Å². The Kier molecular flexibility index (Phi) is 4.10. The van der Waals surface area contributed by atoms with E-state index < -0.39 is 36.9 Å². The maximum atomic E-state index is 12.3. The molecule has 0 bridgehead atoms. The third-order valence-corrected chi connectivity index (χ3v) is 6.13. The van der Waals surface area contributed by atoms with Crippen molar-refractivity contribution in [1.29, 1.82) is 0 Å². The molecule has 9 nitrogen and oxygen atoms in total. The van der Waals surface area contributed by atoms with Crippen LogP contribution in [0.1, 0.15) is 10.6 Å². The van der Waals surface area contributed by atoms with Gasteiger partial charge in [0.1, 0.15) is 0 Å². The summed E-state index contributed by atoms with van der Waals surface area (Å²) in [6.07, 6.45) is 1.06. The number of carboxylic acids is 1. The zero-order valence-electron chi connectivity index (χ0n) is 11.1. The summed E-state index contributed by atoms with van der Waals surface area (Å²) in [4.78, 5) is 10.7. The first-order chi connectivity index (χ1) is 9.62. The molecule has 0 saturated carbocycles. The minimum Gasteiger partial charge on any atom is -0.475 e. The number of piperazine rings is 1. The summed E-state index contributed by atoms with van der Waals surface area (Å²) in [7, 11) is -7.32. The normalized spacial score (nSPS) is 18.7. The Bertz CT molecular complexity index is 742. The van der Waals surface area contributed by atoms with E-state index in [2.05, 4.69) is 0 Å². The van der Waals surface area contributed by atoms with Gasteiger partial charge in [-0.3, -0.25) is 0 Å². The van der Waals surface area contributed by atoms with Crippen molar-refractivity contribution in [3.8, 4) is 0 Å². The van der Waals surface area contributed by atoms with Crippen molar-refractivity contribution >= 4 is 26.0 Å². The van der Waals surface area contributed by atoms with Crippen LogP contribution in [0.25, 0.3) is 0 Å². The van der Waals surface area contributed by atoms with Crippen LogP contribution < -0.4 is 0 Å². The summed E-state index contributed by atoms with van der Waals surface area (Å²) in [5.41, 5.74) is 0. The second kappa shape index (κ2) is 5.40. The van der Waals surface area contributed by atoms with Gasteiger partial charge in [-0.25, -0.2) is 21.6 Å². The molecule has 0 atom stereocenters. The topological polar surface area (TPSA) is 125 Å². The second-order valence-electron chi connectivity index (χ2n) is 4.49. The molecule has 1 aliphatic rings. The lowest BCUT2D eigenvalue weighted by Crippen LogP contribution is -2.50. The fourth-order valence-electron chi connectivity index (χ4n) is 1.94. The van der Waals surface area contributed by atoms with Crippen molar-refractivity contribution in [1.82, 2.24) is 8.61 Å². The van der Waals surface area contributed by atoms with E-state index in [4.69, 9.17) is 9.52 Å². The number of hydrogen-bond donors (Lipinski definition) is 1. The van der Waals surface area contributed by atoms with E-state index >= 15 is 0 Å². The van der Waals surface area contributed by atoms with Crippen molar-refractivity contribution < 1.29 is 31.2 Å². The Morgan fingerprint density at radius 3 is 2.05 bits per heavy atom. The number of carboxylic acid groups (broad SMARTS) is 1. The largest absolute Gasteiger partial charge is 0.475 e. The van der Waals surface area contributed by atoms with E-state index in [0.717, 1.165) is 22.7 Å². The smallest absolute Gasteiger partial charge is 0.371 e. The first kappa shape index (κ1) is 15.9. The molecule has 0 spiro atoms. The quantitative estimate of drug-likeness (QED) is 0.765. The van der Waals surface area contributed by atoms with E-state index in [-0.39, 0.29) is 26.2 Å². The zero-order chi connectivity index (χ0) is 15.8. The Morgan fingerprint density at radius 1 is 1.10 bits per heavy atom. The molecular weight excluding hydrogens is 324 g/mol. The van der Waals surface area contributed by atoms with E-state index in [1.807, 2.05) is 0 Å². The predicted molar refractivity (Wildman–Crippen MR) is 70.8 cm³/mol. The first-order valence-corrected chi connectivity index (χ1v) is 9.19. The van der Waals surface area contributed by atoms with Crippen molar-refractivity contribution in [2.75, 3.05) is 32.4 Å². The fraction of sp³-hybridized carbons (Fsp3) is 0.500. The summed E-state index contributed by atoms with van der Waals surface area (Å²) >= 11 is 0. The van der Waals surface area contributed by atoms with Crippen molar-refractivity contribution in [2.45, 2.75) is 5.09 Å². The Morgan fingerprint density at radius 2 is 1.62 bits per heavy atom. The van der Waals surface area contributed by atoms with Crippen LogP contribution in [0.2, 0.25) is 0 Å². The van der Waals surface area contributed by atoms with Crippen LogP contribution in [0.3, 0.4) is 0 Å². The van der Waals surface area contributed by atoms with Crippen LogP contribution in [0.4, 0.5) is 0 Å². The third kappa shape index (κ3) is 3.26. The van der Waals surface area contributed by atoms with Gasteiger partial charge in [0.2, 0.25) is 20.9 Å². The van der Waals surface area contributed by atoms with Crippen LogP contribution in [0.15, 0.2) is 21.6 Å². The lowest BCUT2D eigenvalue weighted by atomic mass is 10.4. The molecule has 1 aliphatic heterocycles. The Labute approximate surface area is 121 Å². The molecule has 0 amide bonds. The lowest BCUT2D eigenvalue weighted by molar-refractivity contribution is 0.0656. The van der Waals surface area contributed by atoms with Crippen molar-refractivity contribution in [2.24, 2.45) is 0 Å². The van der Waals surface area contributed by atoms with E-state index in [0.29, 0.717) is 0 Å². The highest BCUT2D eigenvalue weighted by Gasteiger charge is 2.33. The molecule has 0 aromatic carbocycles. The van der Waals surface area contributed by atoms with Gasteiger partial charge in [0.15, 0.2) is 0 Å². The molecule has 1 aromatic heterocycles. The Hall–Kier alpha value is -1.43. The van der Waals surface area contributed by atoms with Crippen LogP contribution in [0.5, 0.6) is 0 Å². The van der Waals surface area contributed by atoms with Crippen molar-refractivity contribution in [3.63, 3.8) is 0 Å². The molecule has 0 unspecified atom stereocenters. The zero-order valence-corrected chi connectivity index (χ0v) is 12.7. The van der Waals surface area contributed by atoms with E-state index in [1.54, 1.807) is 0 Å². The monoisotopic (exact) mass is 338 g/mol. The molecule has 1 N–H and O–H groups in total. The minimum absolute atomic E-state index is 0.0154. The summed E-state index contributed by atoms with van der Waals surface area (Å²) in [6.45, 7) is 0.0616. The first-order valence-electron chi connectivity index (χ1n) is 5.91. The summed E-state index contributed by atoms with van der Waals surface area (Å²) < 4.78 is 54.3. The second-order valence-corrected chi connectivity index (χ2v) is 8.34. The van der Waals surface area contributed by atoms with Gasteiger partial charge in [-0.1, -0.05) is 0 Å². The Balaban J connectivity index is 2.16. The summed E-state index contributed by atoms with van der Waals surface area (Å²) in [5.74, 6) is -1.83. The molecule has 118 valence electrons. The fourth-order valence-corrected chi connectivity index (χ4v) is 4.10. The molecule has 1 saturated heterocycles.